The zero-order valence-corrected chi connectivity index (χ0v) is 13.9. The minimum Gasteiger partial charge on any atom is -0.378 e. The summed E-state index contributed by atoms with van der Waals surface area (Å²) in [7, 11) is 0. The maximum atomic E-state index is 10.9. The monoisotopic (exact) mass is 366 g/mol. The Morgan fingerprint density at radius 3 is 2.52 bits per heavy atom. The molecule has 1 atom stereocenters. The molecule has 0 saturated heterocycles. The lowest BCUT2D eigenvalue weighted by molar-refractivity contribution is -0.117. The predicted molar refractivity (Wildman–Crippen MR) is 90.5 cm³/mol. The van der Waals surface area contributed by atoms with Crippen LogP contribution in [0.1, 0.15) is 24.1 Å². The van der Waals surface area contributed by atoms with Crippen molar-refractivity contribution in [2.24, 2.45) is 5.73 Å². The fraction of sp³-hybridized carbons (Fsp3) is 0.188. The lowest BCUT2D eigenvalue weighted by Gasteiger charge is -2.17. The van der Waals surface area contributed by atoms with E-state index in [1.807, 2.05) is 49.4 Å². The van der Waals surface area contributed by atoms with Crippen molar-refractivity contribution >= 4 is 39.1 Å². The van der Waals surface area contributed by atoms with Crippen molar-refractivity contribution in [2.45, 2.75) is 19.4 Å². The Kier molecular flexibility index (Phi) is 5.26. The van der Waals surface area contributed by atoms with Crippen molar-refractivity contribution in [1.82, 2.24) is 0 Å². The largest absolute Gasteiger partial charge is 0.378 e. The van der Waals surface area contributed by atoms with Crippen LogP contribution in [0.2, 0.25) is 5.02 Å². The number of amides is 1. The van der Waals surface area contributed by atoms with Gasteiger partial charge in [0.1, 0.15) is 0 Å². The molecule has 0 bridgehead atoms. The molecular formula is C16H16BrClN2O. The van der Waals surface area contributed by atoms with E-state index in [1.54, 1.807) is 0 Å². The summed E-state index contributed by atoms with van der Waals surface area (Å²) in [6, 6.07) is 13.6. The summed E-state index contributed by atoms with van der Waals surface area (Å²) < 4.78 is 0.958. The molecule has 3 nitrogen and oxygen atoms in total. The highest BCUT2D eigenvalue weighted by Gasteiger charge is 2.10. The Balaban J connectivity index is 2.08. The van der Waals surface area contributed by atoms with Crippen LogP contribution < -0.4 is 11.1 Å². The lowest BCUT2D eigenvalue weighted by atomic mass is 10.1. The Labute approximate surface area is 137 Å². The highest BCUT2D eigenvalue weighted by Crippen LogP contribution is 2.28. The molecule has 0 aliphatic rings. The third-order valence-electron chi connectivity index (χ3n) is 3.14. The van der Waals surface area contributed by atoms with Crippen LogP contribution in [0, 0.1) is 0 Å². The number of halogens is 2. The third kappa shape index (κ3) is 4.48. The number of anilines is 1. The van der Waals surface area contributed by atoms with Crippen molar-refractivity contribution in [3.63, 3.8) is 0 Å². The van der Waals surface area contributed by atoms with Crippen LogP contribution in [-0.2, 0) is 11.2 Å². The number of nitrogens with two attached hydrogens (primary N) is 1. The molecule has 0 fully saturated rings. The number of nitrogens with one attached hydrogen (secondary N) is 1. The lowest BCUT2D eigenvalue weighted by Crippen LogP contribution is -2.13. The maximum Gasteiger partial charge on any atom is 0.221 e. The average Bonchev–Trinajstić information content (AvgIpc) is 2.40. The number of primary amides is 1. The average molecular weight is 368 g/mol. The Bertz CT molecular complexity index is 643. The van der Waals surface area contributed by atoms with E-state index in [0.29, 0.717) is 0 Å². The highest BCUT2D eigenvalue weighted by molar-refractivity contribution is 9.10. The summed E-state index contributed by atoms with van der Waals surface area (Å²) in [4.78, 5) is 10.9. The maximum absolute atomic E-state index is 10.9. The molecule has 110 valence electrons. The molecule has 3 N–H and O–H groups in total. The molecule has 0 aliphatic heterocycles. The van der Waals surface area contributed by atoms with Crippen molar-refractivity contribution < 1.29 is 4.79 Å². The standard InChI is InChI=1S/C16H16BrClN2O/c1-10(14-7-4-12(17)9-15(14)18)20-13-5-2-11(3-6-13)8-16(19)21/h2-7,9-10,20H,8H2,1H3,(H2,19,21). The molecule has 0 radical (unpaired) electrons. The molecule has 0 aliphatic carbocycles. The first kappa shape index (κ1) is 15.9. The zero-order chi connectivity index (χ0) is 15.4. The van der Waals surface area contributed by atoms with Gasteiger partial charge >= 0.3 is 0 Å². The van der Waals surface area contributed by atoms with Gasteiger partial charge in [-0.25, -0.2) is 0 Å². The summed E-state index contributed by atoms with van der Waals surface area (Å²) in [6.07, 6.45) is 0.258. The summed E-state index contributed by atoms with van der Waals surface area (Å²) in [5.41, 5.74) is 8.08. The number of carbonyl (C=O) groups excluding carboxylic acids is 1. The number of hydrogen-bond donors (Lipinski definition) is 2. The predicted octanol–water partition coefficient (Wildman–Crippen LogP) is 4.30. The highest BCUT2D eigenvalue weighted by atomic mass is 79.9. The van der Waals surface area contributed by atoms with Gasteiger partial charge in [-0.2, -0.15) is 0 Å². The van der Waals surface area contributed by atoms with Crippen LogP contribution in [0.15, 0.2) is 46.9 Å². The number of hydrogen-bond acceptors (Lipinski definition) is 2. The minimum absolute atomic E-state index is 0.0765. The first-order valence-corrected chi connectivity index (χ1v) is 7.71. The number of carbonyl (C=O) groups is 1. The van der Waals surface area contributed by atoms with Gasteiger partial charge in [-0.05, 0) is 42.3 Å². The normalized spacial score (nSPS) is 12.0. The van der Waals surface area contributed by atoms with E-state index in [-0.39, 0.29) is 18.4 Å². The molecule has 21 heavy (non-hydrogen) atoms. The van der Waals surface area contributed by atoms with Gasteiger partial charge in [-0.3, -0.25) is 4.79 Å². The van der Waals surface area contributed by atoms with E-state index in [9.17, 15) is 4.79 Å². The van der Waals surface area contributed by atoms with Crippen molar-refractivity contribution in [2.75, 3.05) is 5.32 Å². The van der Waals surface area contributed by atoms with Gasteiger partial charge in [0.05, 0.1) is 6.42 Å². The molecule has 2 aromatic carbocycles. The topological polar surface area (TPSA) is 55.1 Å². The van der Waals surface area contributed by atoms with Gasteiger partial charge < -0.3 is 11.1 Å². The van der Waals surface area contributed by atoms with E-state index in [1.165, 1.54) is 0 Å². The van der Waals surface area contributed by atoms with Crippen LogP contribution in [0.4, 0.5) is 5.69 Å². The van der Waals surface area contributed by atoms with Crippen LogP contribution in [0.25, 0.3) is 0 Å². The van der Waals surface area contributed by atoms with E-state index >= 15 is 0 Å². The second-order valence-corrected chi connectivity index (χ2v) is 6.19. The van der Waals surface area contributed by atoms with Crippen LogP contribution in [-0.4, -0.2) is 5.91 Å². The van der Waals surface area contributed by atoms with E-state index in [4.69, 9.17) is 17.3 Å². The fourth-order valence-corrected chi connectivity index (χ4v) is 2.94. The van der Waals surface area contributed by atoms with Crippen molar-refractivity contribution in [1.29, 1.82) is 0 Å². The Morgan fingerprint density at radius 2 is 1.95 bits per heavy atom. The molecule has 0 spiro atoms. The second kappa shape index (κ2) is 6.96. The molecular weight excluding hydrogens is 352 g/mol. The molecule has 0 heterocycles. The second-order valence-electron chi connectivity index (χ2n) is 4.87. The first-order chi connectivity index (χ1) is 9.95. The summed E-state index contributed by atoms with van der Waals surface area (Å²) in [6.45, 7) is 2.05. The zero-order valence-electron chi connectivity index (χ0n) is 11.6. The van der Waals surface area contributed by atoms with E-state index in [0.717, 1.165) is 26.3 Å². The Hall–Kier alpha value is -1.52. The molecule has 0 aromatic heterocycles. The third-order valence-corrected chi connectivity index (χ3v) is 3.97. The molecule has 0 saturated carbocycles. The molecule has 1 unspecified atom stereocenters. The smallest absolute Gasteiger partial charge is 0.221 e. The van der Waals surface area contributed by atoms with Gasteiger partial charge in [-0.15, -0.1) is 0 Å². The quantitative estimate of drug-likeness (QED) is 0.827. The van der Waals surface area contributed by atoms with Crippen LogP contribution >= 0.6 is 27.5 Å². The fourth-order valence-electron chi connectivity index (χ4n) is 2.10. The van der Waals surface area contributed by atoms with E-state index in [2.05, 4.69) is 21.2 Å². The summed E-state index contributed by atoms with van der Waals surface area (Å²) in [5, 5.41) is 4.10. The molecule has 2 rings (SSSR count). The Morgan fingerprint density at radius 1 is 1.29 bits per heavy atom. The number of rotatable bonds is 5. The SMILES string of the molecule is CC(Nc1ccc(CC(N)=O)cc1)c1ccc(Br)cc1Cl. The first-order valence-electron chi connectivity index (χ1n) is 6.54. The molecule has 1 amide bonds. The summed E-state index contributed by atoms with van der Waals surface area (Å²) >= 11 is 9.65. The summed E-state index contributed by atoms with van der Waals surface area (Å²) in [5.74, 6) is -0.328. The van der Waals surface area contributed by atoms with Gasteiger partial charge in [0.15, 0.2) is 0 Å². The van der Waals surface area contributed by atoms with Gasteiger partial charge in [-0.1, -0.05) is 45.7 Å². The van der Waals surface area contributed by atoms with E-state index < -0.39 is 0 Å². The minimum atomic E-state index is -0.328. The van der Waals surface area contributed by atoms with Crippen LogP contribution in [0.5, 0.6) is 0 Å². The van der Waals surface area contributed by atoms with Gasteiger partial charge in [0.25, 0.3) is 0 Å². The van der Waals surface area contributed by atoms with Gasteiger partial charge in [0, 0.05) is 21.2 Å². The van der Waals surface area contributed by atoms with Crippen molar-refractivity contribution in [3.8, 4) is 0 Å². The van der Waals surface area contributed by atoms with Crippen LogP contribution in [0.3, 0.4) is 0 Å². The molecule has 2 aromatic rings. The number of benzene rings is 2. The molecule has 5 heteroatoms. The van der Waals surface area contributed by atoms with Gasteiger partial charge in [0.2, 0.25) is 5.91 Å². The van der Waals surface area contributed by atoms with Crippen molar-refractivity contribution in [3.05, 3.63) is 63.1 Å².